The van der Waals surface area contributed by atoms with Crippen LogP contribution >= 0.6 is 11.8 Å². The molecule has 1 unspecified atom stereocenters. The SMILES string of the molecule is CCCCn1c(SCC(O)COCc2ccco2)n[nH]c1=O. The molecule has 2 aromatic heterocycles. The first-order valence-electron chi connectivity index (χ1n) is 7.27. The minimum Gasteiger partial charge on any atom is -0.467 e. The van der Waals surface area contributed by atoms with E-state index >= 15 is 0 Å². The van der Waals surface area contributed by atoms with E-state index < -0.39 is 6.10 Å². The van der Waals surface area contributed by atoms with Gasteiger partial charge in [-0.2, -0.15) is 0 Å². The first-order valence-corrected chi connectivity index (χ1v) is 8.25. The summed E-state index contributed by atoms with van der Waals surface area (Å²) in [5.41, 5.74) is -0.209. The number of unbranched alkanes of at least 4 members (excludes halogenated alkanes) is 1. The van der Waals surface area contributed by atoms with Crippen molar-refractivity contribution in [3.63, 3.8) is 0 Å². The summed E-state index contributed by atoms with van der Waals surface area (Å²) in [6.07, 6.45) is 2.87. The van der Waals surface area contributed by atoms with Crippen LogP contribution in [-0.2, 0) is 17.9 Å². The summed E-state index contributed by atoms with van der Waals surface area (Å²) in [6.45, 7) is 3.24. The number of furan rings is 1. The number of aliphatic hydroxyl groups excluding tert-OH is 1. The fourth-order valence-corrected chi connectivity index (χ4v) is 2.71. The summed E-state index contributed by atoms with van der Waals surface area (Å²) in [5.74, 6) is 1.13. The van der Waals surface area contributed by atoms with E-state index in [1.165, 1.54) is 11.8 Å². The largest absolute Gasteiger partial charge is 0.467 e. The number of aliphatic hydroxyl groups is 1. The second-order valence-corrected chi connectivity index (χ2v) is 5.86. The standard InChI is InChI=1S/C14H21N3O4S/c1-2-3-6-17-13(19)15-16-14(17)22-10-11(18)8-20-9-12-5-4-7-21-12/h4-5,7,11,18H,2-3,6,8-10H2,1H3,(H,15,19). The summed E-state index contributed by atoms with van der Waals surface area (Å²) in [6, 6.07) is 3.61. The number of aromatic nitrogens is 3. The molecule has 0 spiro atoms. The Morgan fingerprint density at radius 1 is 1.59 bits per heavy atom. The van der Waals surface area contributed by atoms with Crippen LogP contribution in [0.3, 0.4) is 0 Å². The van der Waals surface area contributed by atoms with E-state index in [9.17, 15) is 9.90 Å². The first kappa shape index (κ1) is 16.9. The first-order chi connectivity index (χ1) is 10.7. The second kappa shape index (κ2) is 8.82. The molecular weight excluding hydrogens is 306 g/mol. The van der Waals surface area contributed by atoms with Gasteiger partial charge in [0.05, 0.1) is 19.0 Å². The van der Waals surface area contributed by atoms with E-state index in [1.807, 2.05) is 6.07 Å². The summed E-state index contributed by atoms with van der Waals surface area (Å²) in [4.78, 5) is 11.6. The summed E-state index contributed by atoms with van der Waals surface area (Å²) < 4.78 is 12.1. The molecule has 22 heavy (non-hydrogen) atoms. The number of ether oxygens (including phenoxy) is 1. The van der Waals surface area contributed by atoms with E-state index in [-0.39, 0.29) is 12.3 Å². The number of thioether (sulfide) groups is 1. The maximum atomic E-state index is 11.6. The van der Waals surface area contributed by atoms with E-state index in [1.54, 1.807) is 16.9 Å². The van der Waals surface area contributed by atoms with E-state index in [0.717, 1.165) is 18.6 Å². The van der Waals surface area contributed by atoms with Gasteiger partial charge in [0.15, 0.2) is 5.16 Å². The van der Waals surface area contributed by atoms with Crippen LogP contribution in [0.1, 0.15) is 25.5 Å². The monoisotopic (exact) mass is 327 g/mol. The van der Waals surface area contributed by atoms with Crippen molar-refractivity contribution in [1.82, 2.24) is 14.8 Å². The van der Waals surface area contributed by atoms with E-state index in [0.29, 0.717) is 24.1 Å². The van der Waals surface area contributed by atoms with Gasteiger partial charge < -0.3 is 14.3 Å². The highest BCUT2D eigenvalue weighted by Crippen LogP contribution is 2.15. The third-order valence-electron chi connectivity index (χ3n) is 3.00. The van der Waals surface area contributed by atoms with Crippen molar-refractivity contribution in [2.75, 3.05) is 12.4 Å². The molecule has 0 aliphatic heterocycles. The Balaban J connectivity index is 1.73. The van der Waals surface area contributed by atoms with Gasteiger partial charge in [0, 0.05) is 12.3 Å². The average Bonchev–Trinajstić information content (AvgIpc) is 3.13. The number of nitrogens with zero attached hydrogens (tertiary/aromatic N) is 2. The number of nitrogens with one attached hydrogen (secondary N) is 1. The molecule has 7 nitrogen and oxygen atoms in total. The average molecular weight is 327 g/mol. The zero-order valence-corrected chi connectivity index (χ0v) is 13.3. The van der Waals surface area contributed by atoms with Crippen LogP contribution in [0.2, 0.25) is 0 Å². The molecule has 2 heterocycles. The van der Waals surface area contributed by atoms with E-state index in [2.05, 4.69) is 17.1 Å². The highest BCUT2D eigenvalue weighted by molar-refractivity contribution is 7.99. The number of rotatable bonds is 10. The van der Waals surface area contributed by atoms with Crippen molar-refractivity contribution >= 4 is 11.8 Å². The van der Waals surface area contributed by atoms with Crippen molar-refractivity contribution in [3.05, 3.63) is 34.6 Å². The number of hydrogen-bond donors (Lipinski definition) is 2. The molecule has 0 bridgehead atoms. The lowest BCUT2D eigenvalue weighted by Crippen LogP contribution is -2.20. The van der Waals surface area contributed by atoms with Gasteiger partial charge in [-0.15, -0.1) is 5.10 Å². The Labute approximate surface area is 132 Å². The minimum atomic E-state index is -0.633. The summed E-state index contributed by atoms with van der Waals surface area (Å²) in [7, 11) is 0. The zero-order valence-electron chi connectivity index (χ0n) is 12.5. The predicted octanol–water partition coefficient (Wildman–Crippen LogP) is 1.63. The van der Waals surface area contributed by atoms with Crippen molar-refractivity contribution in [2.45, 2.75) is 44.2 Å². The lowest BCUT2D eigenvalue weighted by atomic mass is 10.3. The Morgan fingerprint density at radius 3 is 3.18 bits per heavy atom. The third-order valence-corrected chi connectivity index (χ3v) is 4.12. The fourth-order valence-electron chi connectivity index (χ4n) is 1.84. The van der Waals surface area contributed by atoms with Gasteiger partial charge in [-0.05, 0) is 18.6 Å². The van der Waals surface area contributed by atoms with Gasteiger partial charge in [0.2, 0.25) is 0 Å². The lowest BCUT2D eigenvalue weighted by molar-refractivity contribution is 0.0328. The smallest absolute Gasteiger partial charge is 0.343 e. The topological polar surface area (TPSA) is 93.3 Å². The quantitative estimate of drug-likeness (QED) is 0.644. The predicted molar refractivity (Wildman–Crippen MR) is 82.9 cm³/mol. The maximum Gasteiger partial charge on any atom is 0.343 e. The fraction of sp³-hybridized carbons (Fsp3) is 0.571. The molecule has 0 aliphatic carbocycles. The maximum absolute atomic E-state index is 11.6. The highest BCUT2D eigenvalue weighted by atomic mass is 32.2. The number of hydrogen-bond acceptors (Lipinski definition) is 6. The van der Waals surface area contributed by atoms with Crippen molar-refractivity contribution in [3.8, 4) is 0 Å². The van der Waals surface area contributed by atoms with Gasteiger partial charge in [-0.3, -0.25) is 4.57 Å². The molecule has 0 aliphatic rings. The van der Waals surface area contributed by atoms with Crippen molar-refractivity contribution < 1.29 is 14.3 Å². The zero-order chi connectivity index (χ0) is 15.8. The molecular formula is C14H21N3O4S. The van der Waals surface area contributed by atoms with Crippen LogP contribution in [0.15, 0.2) is 32.8 Å². The summed E-state index contributed by atoms with van der Waals surface area (Å²) >= 11 is 1.34. The normalized spacial score (nSPS) is 12.6. The molecule has 2 rings (SSSR count). The highest BCUT2D eigenvalue weighted by Gasteiger charge is 2.12. The number of H-pyrrole nitrogens is 1. The molecule has 0 fully saturated rings. The van der Waals surface area contributed by atoms with Crippen LogP contribution in [0, 0.1) is 0 Å². The van der Waals surface area contributed by atoms with Crippen LogP contribution in [-0.4, -0.2) is 38.3 Å². The van der Waals surface area contributed by atoms with E-state index in [4.69, 9.17) is 9.15 Å². The van der Waals surface area contributed by atoms with Crippen LogP contribution < -0.4 is 5.69 Å². The second-order valence-electron chi connectivity index (χ2n) is 4.88. The number of aromatic amines is 1. The van der Waals surface area contributed by atoms with Crippen molar-refractivity contribution in [2.24, 2.45) is 0 Å². The van der Waals surface area contributed by atoms with Gasteiger partial charge in [-0.25, -0.2) is 9.89 Å². The molecule has 0 radical (unpaired) electrons. The molecule has 0 amide bonds. The molecule has 0 saturated carbocycles. The Hall–Kier alpha value is -1.51. The molecule has 0 aromatic carbocycles. The Bertz CT molecular complexity index is 594. The summed E-state index contributed by atoms with van der Waals surface area (Å²) in [5, 5.41) is 16.9. The van der Waals surface area contributed by atoms with Crippen LogP contribution in [0.5, 0.6) is 0 Å². The Morgan fingerprint density at radius 2 is 2.45 bits per heavy atom. The molecule has 0 saturated heterocycles. The molecule has 8 heteroatoms. The van der Waals surface area contributed by atoms with Gasteiger partial charge >= 0.3 is 5.69 Å². The van der Waals surface area contributed by atoms with Crippen LogP contribution in [0.4, 0.5) is 0 Å². The molecule has 2 aromatic rings. The molecule has 122 valence electrons. The lowest BCUT2D eigenvalue weighted by Gasteiger charge is -2.10. The van der Waals surface area contributed by atoms with Gasteiger partial charge in [-0.1, -0.05) is 25.1 Å². The molecule has 2 N–H and O–H groups in total. The van der Waals surface area contributed by atoms with Crippen molar-refractivity contribution in [1.29, 1.82) is 0 Å². The third kappa shape index (κ3) is 5.04. The van der Waals surface area contributed by atoms with Gasteiger partial charge in [0.25, 0.3) is 0 Å². The van der Waals surface area contributed by atoms with Crippen LogP contribution in [0.25, 0.3) is 0 Å². The van der Waals surface area contributed by atoms with Gasteiger partial charge in [0.1, 0.15) is 12.4 Å². The molecule has 1 atom stereocenters. The Kier molecular flexibility index (Phi) is 6.75. The minimum absolute atomic E-state index is 0.206.